The average molecular weight is 300 g/mol. The molecular formula is C15H12N2O3S. The second-order valence-electron chi connectivity index (χ2n) is 4.79. The van der Waals surface area contributed by atoms with Gasteiger partial charge in [-0.25, -0.2) is 9.78 Å². The zero-order valence-electron chi connectivity index (χ0n) is 11.1. The molecular weight excluding hydrogens is 288 g/mol. The predicted molar refractivity (Wildman–Crippen MR) is 75.4 cm³/mol. The first-order chi connectivity index (χ1) is 10.2. The normalized spacial score (nSPS) is 13.5. The summed E-state index contributed by atoms with van der Waals surface area (Å²) in [6.07, 6.45) is 4.13. The molecule has 1 aliphatic carbocycles. The van der Waals surface area contributed by atoms with Gasteiger partial charge in [0.25, 0.3) is 0 Å². The van der Waals surface area contributed by atoms with Gasteiger partial charge in [0.05, 0.1) is 5.56 Å². The van der Waals surface area contributed by atoms with Gasteiger partial charge in [-0.15, -0.1) is 0 Å². The minimum Gasteiger partial charge on any atom is -0.475 e. The second-order valence-corrected chi connectivity index (χ2v) is 5.78. The molecule has 0 aromatic carbocycles. The SMILES string of the molecule is N#Cc1cc2c(nc1Sc1ccc(C(=O)O)o1)CCCC2. The van der Waals surface area contributed by atoms with Gasteiger partial charge in [-0.2, -0.15) is 5.26 Å². The lowest BCUT2D eigenvalue weighted by molar-refractivity contribution is 0.0656. The Kier molecular flexibility index (Phi) is 3.67. The highest BCUT2D eigenvalue weighted by molar-refractivity contribution is 7.99. The van der Waals surface area contributed by atoms with Crippen LogP contribution in [0.5, 0.6) is 0 Å². The van der Waals surface area contributed by atoms with Gasteiger partial charge in [0.1, 0.15) is 11.1 Å². The number of aromatic nitrogens is 1. The number of rotatable bonds is 3. The fourth-order valence-corrected chi connectivity index (χ4v) is 3.19. The van der Waals surface area contributed by atoms with E-state index in [-0.39, 0.29) is 5.76 Å². The molecule has 0 fully saturated rings. The summed E-state index contributed by atoms with van der Waals surface area (Å²) in [6.45, 7) is 0. The topological polar surface area (TPSA) is 87.1 Å². The van der Waals surface area contributed by atoms with Crippen LogP contribution in [0.4, 0.5) is 0 Å². The first kappa shape index (κ1) is 13.7. The molecule has 5 nitrogen and oxygen atoms in total. The number of hydrogen-bond donors (Lipinski definition) is 1. The number of carboxylic acid groups (broad SMARTS) is 1. The highest BCUT2D eigenvalue weighted by Gasteiger charge is 2.17. The molecule has 6 heteroatoms. The number of aromatic carboxylic acids is 1. The molecule has 2 aromatic heterocycles. The molecule has 0 radical (unpaired) electrons. The average Bonchev–Trinajstić information content (AvgIpc) is 2.95. The maximum atomic E-state index is 10.8. The van der Waals surface area contributed by atoms with E-state index in [2.05, 4.69) is 11.1 Å². The number of carboxylic acids is 1. The van der Waals surface area contributed by atoms with E-state index < -0.39 is 5.97 Å². The van der Waals surface area contributed by atoms with Crippen molar-refractivity contribution in [2.24, 2.45) is 0 Å². The number of furan rings is 1. The van der Waals surface area contributed by atoms with E-state index in [4.69, 9.17) is 9.52 Å². The zero-order valence-corrected chi connectivity index (χ0v) is 11.9. The molecule has 0 unspecified atom stereocenters. The summed E-state index contributed by atoms with van der Waals surface area (Å²) in [5.74, 6) is -1.23. The van der Waals surface area contributed by atoms with E-state index in [9.17, 15) is 10.1 Å². The molecule has 3 rings (SSSR count). The van der Waals surface area contributed by atoms with Gasteiger partial charge in [0, 0.05) is 5.69 Å². The van der Waals surface area contributed by atoms with Crippen LogP contribution < -0.4 is 0 Å². The van der Waals surface area contributed by atoms with Gasteiger partial charge >= 0.3 is 5.97 Å². The molecule has 0 amide bonds. The largest absolute Gasteiger partial charge is 0.475 e. The maximum absolute atomic E-state index is 10.8. The molecule has 106 valence electrons. The number of carbonyl (C=O) groups is 1. The lowest BCUT2D eigenvalue weighted by Crippen LogP contribution is -2.07. The molecule has 0 saturated carbocycles. The van der Waals surface area contributed by atoms with Crippen LogP contribution in [0.3, 0.4) is 0 Å². The summed E-state index contributed by atoms with van der Waals surface area (Å²) >= 11 is 1.19. The Morgan fingerprint density at radius 2 is 2.19 bits per heavy atom. The fraction of sp³-hybridized carbons (Fsp3) is 0.267. The van der Waals surface area contributed by atoms with E-state index in [1.54, 1.807) is 6.07 Å². The van der Waals surface area contributed by atoms with Gasteiger partial charge in [0.2, 0.25) is 5.76 Å². The Labute approximate surface area is 125 Å². The Morgan fingerprint density at radius 3 is 2.90 bits per heavy atom. The molecule has 2 aromatic rings. The van der Waals surface area contributed by atoms with Gasteiger partial charge < -0.3 is 9.52 Å². The summed E-state index contributed by atoms with van der Waals surface area (Å²) in [5, 5.41) is 19.1. The number of nitrogens with zero attached hydrogens (tertiary/aromatic N) is 2. The van der Waals surface area contributed by atoms with Gasteiger partial charge in [0.15, 0.2) is 5.09 Å². The van der Waals surface area contributed by atoms with E-state index in [1.165, 1.54) is 17.8 Å². The van der Waals surface area contributed by atoms with Crippen molar-refractivity contribution in [3.63, 3.8) is 0 Å². The van der Waals surface area contributed by atoms with Crippen LogP contribution in [-0.2, 0) is 12.8 Å². The third-order valence-electron chi connectivity index (χ3n) is 3.38. The lowest BCUT2D eigenvalue weighted by Gasteiger charge is -2.16. The summed E-state index contributed by atoms with van der Waals surface area (Å²) in [4.78, 5) is 15.4. The smallest absolute Gasteiger partial charge is 0.371 e. The monoisotopic (exact) mass is 300 g/mol. The first-order valence-corrected chi connectivity index (χ1v) is 7.43. The number of fused-ring (bicyclic) bond motifs is 1. The standard InChI is InChI=1S/C15H12N2O3S/c16-8-10-7-9-3-1-2-4-11(9)17-14(10)21-13-6-5-12(20-13)15(18)19/h5-7H,1-4H2,(H,18,19). The minimum atomic E-state index is -1.11. The van der Waals surface area contributed by atoms with Crippen molar-refractivity contribution in [3.05, 3.63) is 40.8 Å². The van der Waals surface area contributed by atoms with Crippen LogP contribution >= 0.6 is 11.8 Å². The maximum Gasteiger partial charge on any atom is 0.371 e. The van der Waals surface area contributed by atoms with Crippen LogP contribution in [0.25, 0.3) is 0 Å². The lowest BCUT2D eigenvalue weighted by atomic mass is 9.95. The highest BCUT2D eigenvalue weighted by atomic mass is 32.2. The molecule has 0 spiro atoms. The number of pyridine rings is 1. The van der Waals surface area contributed by atoms with E-state index >= 15 is 0 Å². The van der Waals surface area contributed by atoms with Crippen LogP contribution in [0, 0.1) is 11.3 Å². The van der Waals surface area contributed by atoms with Crippen LogP contribution in [0.15, 0.2) is 32.7 Å². The summed E-state index contributed by atoms with van der Waals surface area (Å²) in [6, 6.07) is 7.03. The molecule has 21 heavy (non-hydrogen) atoms. The quantitative estimate of drug-likeness (QED) is 0.936. The summed E-state index contributed by atoms with van der Waals surface area (Å²) in [5.41, 5.74) is 2.69. The molecule has 1 N–H and O–H groups in total. The molecule has 0 bridgehead atoms. The molecule has 0 aliphatic heterocycles. The minimum absolute atomic E-state index is 0.117. The van der Waals surface area contributed by atoms with Crippen molar-refractivity contribution in [1.82, 2.24) is 4.98 Å². The van der Waals surface area contributed by atoms with E-state index in [0.29, 0.717) is 15.7 Å². The van der Waals surface area contributed by atoms with Crippen molar-refractivity contribution >= 4 is 17.7 Å². The molecule has 1 aliphatic rings. The van der Waals surface area contributed by atoms with Crippen LogP contribution in [0.2, 0.25) is 0 Å². The van der Waals surface area contributed by atoms with Crippen molar-refractivity contribution in [2.75, 3.05) is 0 Å². The number of hydrogen-bond acceptors (Lipinski definition) is 5. The van der Waals surface area contributed by atoms with E-state index in [1.807, 2.05) is 6.07 Å². The Bertz CT molecular complexity index is 746. The second kappa shape index (κ2) is 5.62. The number of aryl methyl sites for hydroxylation is 2. The third kappa shape index (κ3) is 2.78. The molecule has 0 saturated heterocycles. The van der Waals surface area contributed by atoms with Gasteiger partial charge in [-0.05, 0) is 61.2 Å². The molecule has 2 heterocycles. The van der Waals surface area contributed by atoms with Crippen molar-refractivity contribution < 1.29 is 14.3 Å². The third-order valence-corrected chi connectivity index (χ3v) is 4.30. The highest BCUT2D eigenvalue weighted by Crippen LogP contribution is 2.33. The Morgan fingerprint density at radius 1 is 1.38 bits per heavy atom. The zero-order chi connectivity index (χ0) is 14.8. The van der Waals surface area contributed by atoms with Crippen molar-refractivity contribution in [1.29, 1.82) is 5.26 Å². The number of nitriles is 1. The van der Waals surface area contributed by atoms with Crippen molar-refractivity contribution in [2.45, 2.75) is 35.8 Å². The van der Waals surface area contributed by atoms with Crippen LogP contribution in [-0.4, -0.2) is 16.1 Å². The molecule has 0 atom stereocenters. The fourth-order valence-electron chi connectivity index (χ4n) is 2.36. The Hall–Kier alpha value is -2.26. The predicted octanol–water partition coefficient (Wildman–Crippen LogP) is 3.27. The summed E-state index contributed by atoms with van der Waals surface area (Å²) < 4.78 is 5.21. The van der Waals surface area contributed by atoms with E-state index in [0.717, 1.165) is 36.9 Å². The van der Waals surface area contributed by atoms with Crippen LogP contribution in [0.1, 0.15) is 40.2 Å². The van der Waals surface area contributed by atoms with Gasteiger partial charge in [-0.1, -0.05) is 0 Å². The van der Waals surface area contributed by atoms with Crippen molar-refractivity contribution in [3.8, 4) is 6.07 Å². The summed E-state index contributed by atoms with van der Waals surface area (Å²) in [7, 11) is 0. The van der Waals surface area contributed by atoms with Gasteiger partial charge in [-0.3, -0.25) is 0 Å². The first-order valence-electron chi connectivity index (χ1n) is 6.61. The Balaban J connectivity index is 1.93.